The van der Waals surface area contributed by atoms with Crippen LogP contribution >= 0.6 is 0 Å². The molecule has 0 radical (unpaired) electrons. The van der Waals surface area contributed by atoms with Gasteiger partial charge in [-0.3, -0.25) is 4.79 Å². The quantitative estimate of drug-likeness (QED) is 0.529. The number of alkyl carbamates (subject to hydrolysis) is 1. The summed E-state index contributed by atoms with van der Waals surface area (Å²) in [4.78, 5) is 37.4. The number of carboxylic acids is 1. The van der Waals surface area contributed by atoms with Gasteiger partial charge < -0.3 is 25.2 Å². The average Bonchev–Trinajstić information content (AvgIpc) is 3.51. The van der Waals surface area contributed by atoms with Gasteiger partial charge in [0.1, 0.15) is 18.2 Å². The molecule has 2 amide bonds. The van der Waals surface area contributed by atoms with Crippen molar-refractivity contribution in [3.63, 3.8) is 0 Å². The topological polar surface area (TPSA) is 114 Å². The third-order valence-electron chi connectivity index (χ3n) is 6.43. The number of carbonyl (C=O) groups is 3. The Hall–Kier alpha value is -3.39. The van der Waals surface area contributed by atoms with Crippen molar-refractivity contribution in [2.75, 3.05) is 6.61 Å². The molecule has 0 aromatic heterocycles. The molecule has 8 nitrogen and oxygen atoms in total. The molecule has 2 aliphatic rings. The van der Waals surface area contributed by atoms with Crippen molar-refractivity contribution >= 4 is 18.0 Å². The molecular formula is C27H32N2O6. The van der Waals surface area contributed by atoms with E-state index in [0.29, 0.717) is 12.8 Å². The first-order valence-corrected chi connectivity index (χ1v) is 11.9. The van der Waals surface area contributed by atoms with Crippen LogP contribution in [0.1, 0.15) is 57.6 Å². The van der Waals surface area contributed by atoms with Gasteiger partial charge >= 0.3 is 12.1 Å². The summed E-state index contributed by atoms with van der Waals surface area (Å²) in [5.41, 5.74) is 2.54. The summed E-state index contributed by atoms with van der Waals surface area (Å²) in [7, 11) is 0. The van der Waals surface area contributed by atoms with Crippen LogP contribution < -0.4 is 10.6 Å². The average molecular weight is 481 g/mol. The predicted octanol–water partition coefficient (Wildman–Crippen LogP) is 3.83. The van der Waals surface area contributed by atoms with Gasteiger partial charge in [-0.15, -0.1) is 0 Å². The van der Waals surface area contributed by atoms with Crippen molar-refractivity contribution in [3.05, 3.63) is 59.7 Å². The van der Waals surface area contributed by atoms with Gasteiger partial charge in [0.05, 0.1) is 11.7 Å². The third kappa shape index (κ3) is 5.32. The number of aliphatic carboxylic acids is 1. The summed E-state index contributed by atoms with van der Waals surface area (Å²) < 4.78 is 11.5. The van der Waals surface area contributed by atoms with E-state index in [1.807, 2.05) is 57.2 Å². The van der Waals surface area contributed by atoms with E-state index in [1.54, 1.807) is 6.92 Å². The van der Waals surface area contributed by atoms with Crippen LogP contribution in [-0.2, 0) is 19.1 Å². The van der Waals surface area contributed by atoms with Crippen LogP contribution in [0.3, 0.4) is 0 Å². The number of amides is 2. The first-order valence-electron chi connectivity index (χ1n) is 11.9. The van der Waals surface area contributed by atoms with Crippen molar-refractivity contribution in [1.29, 1.82) is 0 Å². The Kier molecular flexibility index (Phi) is 6.60. The van der Waals surface area contributed by atoms with Crippen molar-refractivity contribution in [1.82, 2.24) is 10.6 Å². The highest BCUT2D eigenvalue weighted by Crippen LogP contribution is 2.44. The molecule has 1 fully saturated rings. The summed E-state index contributed by atoms with van der Waals surface area (Å²) in [5.74, 6) is -1.82. The van der Waals surface area contributed by atoms with Gasteiger partial charge in [0.2, 0.25) is 5.91 Å². The lowest BCUT2D eigenvalue weighted by Gasteiger charge is -2.31. The lowest BCUT2D eigenvalue weighted by atomic mass is 9.98. The first kappa shape index (κ1) is 24.7. The molecule has 186 valence electrons. The molecule has 0 unspecified atom stereocenters. The fourth-order valence-electron chi connectivity index (χ4n) is 4.62. The molecule has 0 spiro atoms. The Labute approximate surface area is 205 Å². The minimum atomic E-state index is -1.28. The van der Waals surface area contributed by atoms with E-state index in [2.05, 4.69) is 22.8 Å². The number of rotatable bonds is 8. The molecule has 0 heterocycles. The Morgan fingerprint density at radius 2 is 1.57 bits per heavy atom. The van der Waals surface area contributed by atoms with E-state index in [1.165, 1.54) is 0 Å². The zero-order chi connectivity index (χ0) is 25.4. The molecule has 3 N–H and O–H groups in total. The van der Waals surface area contributed by atoms with Gasteiger partial charge in [-0.2, -0.15) is 0 Å². The Morgan fingerprint density at radius 3 is 2.06 bits per heavy atom. The van der Waals surface area contributed by atoms with Gasteiger partial charge in [-0.1, -0.05) is 48.5 Å². The Bertz CT molecular complexity index is 1090. The minimum Gasteiger partial charge on any atom is -0.480 e. The van der Waals surface area contributed by atoms with Gasteiger partial charge in [0.25, 0.3) is 0 Å². The van der Waals surface area contributed by atoms with E-state index in [4.69, 9.17) is 9.47 Å². The summed E-state index contributed by atoms with van der Waals surface area (Å²) >= 11 is 0. The second-order valence-corrected chi connectivity index (χ2v) is 10.3. The number of benzene rings is 2. The first-order chi connectivity index (χ1) is 16.5. The highest BCUT2D eigenvalue weighted by atomic mass is 16.6. The molecule has 0 aliphatic heterocycles. The van der Waals surface area contributed by atoms with Crippen molar-refractivity contribution in [3.8, 4) is 11.1 Å². The van der Waals surface area contributed by atoms with Crippen LogP contribution in [0.2, 0.25) is 0 Å². The fraction of sp³-hybridized carbons (Fsp3) is 0.444. The van der Waals surface area contributed by atoms with Crippen molar-refractivity contribution in [2.24, 2.45) is 0 Å². The van der Waals surface area contributed by atoms with Crippen molar-refractivity contribution < 1.29 is 29.0 Å². The molecule has 0 saturated heterocycles. The molecule has 2 aromatic carbocycles. The molecule has 0 bridgehead atoms. The summed E-state index contributed by atoms with van der Waals surface area (Å²) in [6.45, 7) is 7.28. The SMILES string of the molecule is C[C@@H](OC(C)(C)C)[C@H](NC(=O)OCC1c2ccccc2-c2ccccc21)C(=O)NC1(C(=O)O)CC1. The molecule has 35 heavy (non-hydrogen) atoms. The molecule has 1 saturated carbocycles. The van der Waals surface area contributed by atoms with E-state index in [0.717, 1.165) is 22.3 Å². The maximum atomic E-state index is 13.0. The predicted molar refractivity (Wildman–Crippen MR) is 130 cm³/mol. The van der Waals surface area contributed by atoms with E-state index >= 15 is 0 Å². The number of carbonyl (C=O) groups excluding carboxylic acids is 2. The standard InChI is InChI=1S/C27H32N2O6/c1-16(35-26(2,3)4)22(23(30)29-27(13-14-27)24(31)32)28-25(33)34-15-21-19-11-7-5-9-17(19)18-10-6-8-12-20(18)21/h5-12,16,21-22H,13-15H2,1-4H3,(H,28,33)(H,29,30)(H,31,32)/t16-,22+/m1/s1. The molecule has 4 rings (SSSR count). The van der Waals surface area contributed by atoms with Gasteiger partial charge in [0.15, 0.2) is 0 Å². The number of ether oxygens (including phenoxy) is 2. The maximum Gasteiger partial charge on any atom is 0.407 e. The zero-order valence-electron chi connectivity index (χ0n) is 20.5. The number of fused-ring (bicyclic) bond motifs is 3. The Balaban J connectivity index is 1.46. The lowest BCUT2D eigenvalue weighted by Crippen LogP contribution is -2.58. The highest BCUT2D eigenvalue weighted by molar-refractivity contribution is 5.93. The monoisotopic (exact) mass is 480 g/mol. The molecule has 2 aliphatic carbocycles. The largest absolute Gasteiger partial charge is 0.480 e. The third-order valence-corrected chi connectivity index (χ3v) is 6.43. The van der Waals surface area contributed by atoms with Gasteiger partial charge in [-0.25, -0.2) is 9.59 Å². The lowest BCUT2D eigenvalue weighted by molar-refractivity contribution is -0.145. The van der Waals surface area contributed by atoms with Gasteiger partial charge in [0, 0.05) is 5.92 Å². The van der Waals surface area contributed by atoms with Crippen LogP contribution in [0.5, 0.6) is 0 Å². The highest BCUT2D eigenvalue weighted by Gasteiger charge is 2.52. The fourth-order valence-corrected chi connectivity index (χ4v) is 4.62. The number of hydrogen-bond donors (Lipinski definition) is 3. The molecule has 2 aromatic rings. The Morgan fingerprint density at radius 1 is 1.03 bits per heavy atom. The summed E-state index contributed by atoms with van der Waals surface area (Å²) in [6.07, 6.45) is -0.794. The van der Waals surface area contributed by atoms with Crippen LogP contribution in [-0.4, -0.2) is 53.0 Å². The smallest absolute Gasteiger partial charge is 0.407 e. The maximum absolute atomic E-state index is 13.0. The van der Waals surface area contributed by atoms with Gasteiger partial charge in [-0.05, 0) is 62.8 Å². The van der Waals surface area contributed by atoms with Crippen LogP contribution in [0.15, 0.2) is 48.5 Å². The second kappa shape index (κ2) is 9.34. The van der Waals surface area contributed by atoms with Crippen molar-refractivity contribution in [2.45, 2.75) is 69.7 Å². The number of carboxylic acid groups (broad SMARTS) is 1. The molecule has 2 atom stereocenters. The van der Waals surface area contributed by atoms with E-state index in [9.17, 15) is 19.5 Å². The summed E-state index contributed by atoms with van der Waals surface area (Å²) in [5, 5.41) is 14.6. The molecular weight excluding hydrogens is 448 g/mol. The van der Waals surface area contributed by atoms with Crippen LogP contribution in [0.25, 0.3) is 11.1 Å². The normalized spacial score (nSPS) is 17.5. The summed E-state index contributed by atoms with van der Waals surface area (Å²) in [6, 6.07) is 14.9. The minimum absolute atomic E-state index is 0.0990. The number of nitrogens with one attached hydrogen (secondary N) is 2. The second-order valence-electron chi connectivity index (χ2n) is 10.3. The zero-order valence-corrected chi connectivity index (χ0v) is 20.5. The van der Waals surface area contributed by atoms with Crippen LogP contribution in [0, 0.1) is 0 Å². The number of hydrogen-bond acceptors (Lipinski definition) is 5. The van der Waals surface area contributed by atoms with Crippen LogP contribution in [0.4, 0.5) is 4.79 Å². The molecule has 8 heteroatoms. The van der Waals surface area contributed by atoms with E-state index < -0.39 is 41.3 Å². The van der Waals surface area contributed by atoms with E-state index in [-0.39, 0.29) is 12.5 Å².